The van der Waals surface area contributed by atoms with Crippen molar-refractivity contribution in [2.75, 3.05) is 31.7 Å². The van der Waals surface area contributed by atoms with E-state index in [2.05, 4.69) is 5.32 Å². The third kappa shape index (κ3) is 6.59. The van der Waals surface area contributed by atoms with E-state index >= 15 is 0 Å². The third-order valence-electron chi connectivity index (χ3n) is 3.48. The van der Waals surface area contributed by atoms with Gasteiger partial charge in [-0.15, -0.1) is 0 Å². The van der Waals surface area contributed by atoms with Crippen LogP contribution < -0.4 is 10.1 Å². The summed E-state index contributed by atoms with van der Waals surface area (Å²) < 4.78 is 16.4. The lowest BCUT2D eigenvalue weighted by atomic mass is 9.99. The summed E-state index contributed by atoms with van der Waals surface area (Å²) in [7, 11) is 0. The molecule has 5 nitrogen and oxygen atoms in total. The molecule has 0 fully saturated rings. The lowest BCUT2D eigenvalue weighted by Gasteiger charge is -2.27. The molecule has 0 heterocycles. The zero-order valence-corrected chi connectivity index (χ0v) is 14.7. The van der Waals surface area contributed by atoms with E-state index in [0.29, 0.717) is 32.8 Å². The van der Waals surface area contributed by atoms with Gasteiger partial charge in [0.25, 0.3) is 5.91 Å². The Morgan fingerprint density at radius 2 is 1.78 bits per heavy atom. The maximum absolute atomic E-state index is 12.5. The predicted octanol–water partition coefficient (Wildman–Crippen LogP) is 3.64. The highest BCUT2D eigenvalue weighted by atomic mass is 16.5. The summed E-state index contributed by atoms with van der Waals surface area (Å²) in [5.74, 6) is 0.634. The zero-order chi connectivity index (χ0) is 17.1. The molecule has 0 aromatic heterocycles. The SMILES string of the molecule is CCCC(C)(OCC)C(=O)Nc1ccc(OCCOCC)cc1. The summed E-state index contributed by atoms with van der Waals surface area (Å²) in [5, 5.41) is 2.91. The van der Waals surface area contributed by atoms with E-state index in [0.717, 1.165) is 17.9 Å². The molecule has 0 aliphatic carbocycles. The summed E-state index contributed by atoms with van der Waals surface area (Å²) in [6.07, 6.45) is 1.57. The minimum absolute atomic E-state index is 0.119. The molecule has 1 rings (SSSR count). The number of nitrogens with one attached hydrogen (secondary N) is 1. The Balaban J connectivity index is 2.57. The van der Waals surface area contributed by atoms with Crippen molar-refractivity contribution in [2.45, 2.75) is 46.1 Å². The Bertz CT molecular complexity index is 453. The van der Waals surface area contributed by atoms with Gasteiger partial charge in [-0.05, 0) is 51.5 Å². The number of amides is 1. The van der Waals surface area contributed by atoms with Gasteiger partial charge in [0.15, 0.2) is 0 Å². The van der Waals surface area contributed by atoms with Crippen molar-refractivity contribution in [1.29, 1.82) is 0 Å². The van der Waals surface area contributed by atoms with Crippen molar-refractivity contribution in [2.24, 2.45) is 0 Å². The van der Waals surface area contributed by atoms with Gasteiger partial charge in [-0.25, -0.2) is 0 Å². The molecule has 1 unspecified atom stereocenters. The average molecular weight is 323 g/mol. The van der Waals surface area contributed by atoms with Crippen LogP contribution in [0.25, 0.3) is 0 Å². The second-order valence-corrected chi connectivity index (χ2v) is 5.44. The number of carbonyl (C=O) groups excluding carboxylic acids is 1. The minimum atomic E-state index is -0.795. The molecule has 1 N–H and O–H groups in total. The summed E-state index contributed by atoms with van der Waals surface area (Å²) in [5.41, 5.74) is -0.0647. The summed E-state index contributed by atoms with van der Waals surface area (Å²) >= 11 is 0. The summed E-state index contributed by atoms with van der Waals surface area (Å²) in [6, 6.07) is 7.32. The van der Waals surface area contributed by atoms with E-state index in [1.54, 1.807) is 0 Å². The first-order chi connectivity index (χ1) is 11.1. The highest BCUT2D eigenvalue weighted by molar-refractivity contribution is 5.97. The van der Waals surface area contributed by atoms with E-state index < -0.39 is 5.60 Å². The highest BCUT2D eigenvalue weighted by Crippen LogP contribution is 2.22. The van der Waals surface area contributed by atoms with Crippen LogP contribution in [0.5, 0.6) is 5.75 Å². The van der Waals surface area contributed by atoms with Crippen LogP contribution in [0, 0.1) is 0 Å². The molecule has 1 atom stereocenters. The summed E-state index contributed by atoms with van der Waals surface area (Å²) in [6.45, 7) is 10.00. The second-order valence-electron chi connectivity index (χ2n) is 5.44. The standard InChI is InChI=1S/C18H29NO4/c1-5-12-18(4,23-7-3)17(20)19-15-8-10-16(11-9-15)22-14-13-21-6-2/h8-11H,5-7,12-14H2,1-4H3,(H,19,20). The predicted molar refractivity (Wildman–Crippen MR) is 92.0 cm³/mol. The van der Waals surface area contributed by atoms with Gasteiger partial charge in [0.1, 0.15) is 18.0 Å². The van der Waals surface area contributed by atoms with Gasteiger partial charge >= 0.3 is 0 Å². The van der Waals surface area contributed by atoms with Crippen LogP contribution in [0.4, 0.5) is 5.69 Å². The molecule has 0 bridgehead atoms. The molecule has 0 aliphatic heterocycles. The first kappa shape index (κ1) is 19.5. The Morgan fingerprint density at radius 1 is 1.09 bits per heavy atom. The molecular formula is C18H29NO4. The van der Waals surface area contributed by atoms with Crippen LogP contribution in [0.3, 0.4) is 0 Å². The molecule has 1 aromatic rings. The number of anilines is 1. The molecular weight excluding hydrogens is 294 g/mol. The molecule has 0 aliphatic rings. The number of ether oxygens (including phenoxy) is 3. The van der Waals surface area contributed by atoms with E-state index in [4.69, 9.17) is 14.2 Å². The van der Waals surface area contributed by atoms with Crippen molar-refractivity contribution in [3.05, 3.63) is 24.3 Å². The second kappa shape index (κ2) is 10.2. The molecule has 0 saturated carbocycles. The molecule has 130 valence electrons. The fourth-order valence-corrected chi connectivity index (χ4v) is 2.31. The van der Waals surface area contributed by atoms with Gasteiger partial charge in [-0.1, -0.05) is 13.3 Å². The quantitative estimate of drug-likeness (QED) is 0.632. The topological polar surface area (TPSA) is 56.8 Å². The molecule has 0 saturated heterocycles. The molecule has 5 heteroatoms. The first-order valence-corrected chi connectivity index (χ1v) is 8.31. The van der Waals surface area contributed by atoms with Crippen molar-refractivity contribution in [3.63, 3.8) is 0 Å². The molecule has 0 radical (unpaired) electrons. The highest BCUT2D eigenvalue weighted by Gasteiger charge is 2.32. The smallest absolute Gasteiger partial charge is 0.256 e. The van der Waals surface area contributed by atoms with Gasteiger partial charge in [0.05, 0.1) is 6.61 Å². The largest absolute Gasteiger partial charge is 0.491 e. The monoisotopic (exact) mass is 323 g/mol. The van der Waals surface area contributed by atoms with E-state index in [1.807, 2.05) is 52.0 Å². The van der Waals surface area contributed by atoms with Crippen molar-refractivity contribution in [1.82, 2.24) is 0 Å². The summed E-state index contributed by atoms with van der Waals surface area (Å²) in [4.78, 5) is 12.5. The van der Waals surface area contributed by atoms with Crippen molar-refractivity contribution in [3.8, 4) is 5.75 Å². The normalized spacial score (nSPS) is 13.4. The Morgan fingerprint density at radius 3 is 2.35 bits per heavy atom. The molecule has 1 aromatic carbocycles. The van der Waals surface area contributed by atoms with Crippen molar-refractivity contribution < 1.29 is 19.0 Å². The zero-order valence-electron chi connectivity index (χ0n) is 14.7. The number of rotatable bonds is 11. The van der Waals surface area contributed by atoms with Crippen LogP contribution in [0.15, 0.2) is 24.3 Å². The van der Waals surface area contributed by atoms with Crippen molar-refractivity contribution >= 4 is 11.6 Å². The number of hydrogen-bond acceptors (Lipinski definition) is 4. The third-order valence-corrected chi connectivity index (χ3v) is 3.48. The van der Waals surface area contributed by atoms with E-state index in [9.17, 15) is 4.79 Å². The maximum Gasteiger partial charge on any atom is 0.256 e. The van der Waals surface area contributed by atoms with E-state index in [1.165, 1.54) is 0 Å². The Kier molecular flexibility index (Phi) is 8.66. The van der Waals surface area contributed by atoms with Crippen LogP contribution >= 0.6 is 0 Å². The van der Waals surface area contributed by atoms with E-state index in [-0.39, 0.29) is 5.91 Å². The maximum atomic E-state index is 12.5. The first-order valence-electron chi connectivity index (χ1n) is 8.31. The van der Waals surface area contributed by atoms with Gasteiger partial charge in [-0.3, -0.25) is 4.79 Å². The van der Waals surface area contributed by atoms with Gasteiger partial charge in [0, 0.05) is 18.9 Å². The van der Waals surface area contributed by atoms with Crippen LogP contribution in [0.2, 0.25) is 0 Å². The number of hydrogen-bond donors (Lipinski definition) is 1. The number of carbonyl (C=O) groups is 1. The van der Waals surface area contributed by atoms with Gasteiger partial charge < -0.3 is 19.5 Å². The average Bonchev–Trinajstić information content (AvgIpc) is 2.53. The molecule has 1 amide bonds. The fourth-order valence-electron chi connectivity index (χ4n) is 2.31. The van der Waals surface area contributed by atoms with Crippen LogP contribution in [-0.2, 0) is 14.3 Å². The Hall–Kier alpha value is -1.59. The lowest BCUT2D eigenvalue weighted by molar-refractivity contribution is -0.139. The van der Waals surface area contributed by atoms with Crippen LogP contribution in [-0.4, -0.2) is 37.9 Å². The fraction of sp³-hybridized carbons (Fsp3) is 0.611. The molecule has 0 spiro atoms. The lowest BCUT2D eigenvalue weighted by Crippen LogP contribution is -2.42. The van der Waals surface area contributed by atoms with Gasteiger partial charge in [0.2, 0.25) is 0 Å². The van der Waals surface area contributed by atoms with Gasteiger partial charge in [-0.2, -0.15) is 0 Å². The number of benzene rings is 1. The Labute approximate surface area is 139 Å². The minimum Gasteiger partial charge on any atom is -0.491 e. The molecule has 23 heavy (non-hydrogen) atoms. The van der Waals surface area contributed by atoms with Crippen LogP contribution in [0.1, 0.15) is 40.5 Å².